The summed E-state index contributed by atoms with van der Waals surface area (Å²) in [6, 6.07) is -10.1. The van der Waals surface area contributed by atoms with Gasteiger partial charge in [-0.15, -0.1) is 0 Å². The SMILES string of the molecule is CCO[C@@H]1C[C@H]2C(=O)NC3(CCC3)C(=O)N(C)[C@@H](C3CCCC3)C(=O)N(C)[C@H](C(=O)N(C)CC)CC(=O)N(C)[C@H]3CCC/C=C/C4CCC(CC4)C[C@@H](C(=O)N(C)CC(=O)N[C@@H](CCC4CCC(C(F)(F)F)C(OC)C4)C(=O)N2C1)N1CC/C=C\C[C@@H](C1=O)N(C)C(=O)CN(C)C(=O)[C@H]([C@@H](C)CC)NC3=O. The van der Waals surface area contributed by atoms with Crippen molar-refractivity contribution >= 4 is 70.9 Å². The molecule has 5 fully saturated rings. The number of amides is 12. The van der Waals surface area contributed by atoms with Crippen LogP contribution < -0.4 is 16.0 Å². The van der Waals surface area contributed by atoms with Crippen LogP contribution in [-0.2, 0) is 67.0 Å². The Hall–Kier alpha value is -7.17. The van der Waals surface area contributed by atoms with Gasteiger partial charge in [-0.2, -0.15) is 13.2 Å². The third-order valence-electron chi connectivity index (χ3n) is 24.8. The zero-order valence-electron chi connectivity index (χ0n) is 64.8. The van der Waals surface area contributed by atoms with Crippen molar-refractivity contribution in [1.29, 1.82) is 0 Å². The minimum atomic E-state index is -4.52. The second kappa shape index (κ2) is 37.8. The molecule has 4 aliphatic carbocycles. The van der Waals surface area contributed by atoms with Crippen molar-refractivity contribution in [2.45, 2.75) is 260 Å². The number of halogens is 3. The lowest BCUT2D eigenvalue weighted by molar-refractivity contribution is -0.215. The summed E-state index contributed by atoms with van der Waals surface area (Å²) in [4.78, 5) is 195. The molecule has 0 aromatic carbocycles. The van der Waals surface area contributed by atoms with E-state index in [1.54, 1.807) is 33.9 Å². The molecule has 1 saturated heterocycles. The molecule has 594 valence electrons. The molecule has 4 saturated carbocycles. The van der Waals surface area contributed by atoms with Gasteiger partial charge in [-0.05, 0) is 172 Å². The first-order chi connectivity index (χ1) is 50.3. The Bertz CT molecular complexity index is 3190. The maximum absolute atomic E-state index is 15.7. The number of allylic oxidation sites excluding steroid dienone is 2. The molecule has 26 nitrogen and oxygen atoms in total. The number of nitrogens with zero attached hydrogens (tertiary/aromatic N) is 9. The van der Waals surface area contributed by atoms with Gasteiger partial charge in [-0.1, -0.05) is 57.4 Å². The van der Waals surface area contributed by atoms with E-state index in [-0.39, 0.29) is 115 Å². The van der Waals surface area contributed by atoms with Crippen molar-refractivity contribution in [2.24, 2.45) is 35.5 Å². The molecule has 10 rings (SSSR count). The lowest BCUT2D eigenvalue weighted by Crippen LogP contribution is -2.68. The molecule has 12 amide bonds. The Morgan fingerprint density at radius 1 is 0.651 bits per heavy atom. The van der Waals surface area contributed by atoms with E-state index in [2.05, 4.69) is 22.0 Å². The molecule has 106 heavy (non-hydrogen) atoms. The smallest absolute Gasteiger partial charge is 0.381 e. The van der Waals surface area contributed by atoms with E-state index in [4.69, 9.17) is 9.47 Å². The lowest BCUT2D eigenvalue weighted by Gasteiger charge is -2.46. The third kappa shape index (κ3) is 20.2. The van der Waals surface area contributed by atoms with Crippen LogP contribution in [0.2, 0.25) is 0 Å². The highest BCUT2D eigenvalue weighted by molar-refractivity contribution is 6.01. The van der Waals surface area contributed by atoms with Crippen LogP contribution >= 0.6 is 0 Å². The van der Waals surface area contributed by atoms with E-state index in [0.717, 1.165) is 25.7 Å². The van der Waals surface area contributed by atoms with Crippen LogP contribution in [0, 0.1) is 35.5 Å². The molecule has 0 radical (unpaired) electrons. The molecule has 6 bridgehead atoms. The summed E-state index contributed by atoms with van der Waals surface area (Å²) in [5.74, 6) is -10.6. The Morgan fingerprint density at radius 2 is 1.33 bits per heavy atom. The third-order valence-corrected chi connectivity index (χ3v) is 24.8. The zero-order valence-corrected chi connectivity index (χ0v) is 64.8. The number of fused-ring (bicyclic) bond motifs is 22. The molecule has 10 aliphatic rings. The van der Waals surface area contributed by atoms with Gasteiger partial charge in [0.05, 0.1) is 37.6 Å². The second-order valence-electron chi connectivity index (χ2n) is 31.7. The van der Waals surface area contributed by atoms with Gasteiger partial charge in [0.15, 0.2) is 0 Å². The van der Waals surface area contributed by atoms with E-state index >= 15 is 38.4 Å². The number of hydrogen-bond acceptors (Lipinski definition) is 14. The van der Waals surface area contributed by atoms with Crippen molar-refractivity contribution in [2.75, 3.05) is 95.8 Å². The van der Waals surface area contributed by atoms with Gasteiger partial charge >= 0.3 is 6.18 Å². The van der Waals surface area contributed by atoms with Crippen LogP contribution in [0.25, 0.3) is 0 Å². The summed E-state index contributed by atoms with van der Waals surface area (Å²) in [6.07, 6.45) is 8.99. The van der Waals surface area contributed by atoms with E-state index in [1.165, 1.54) is 93.5 Å². The van der Waals surface area contributed by atoms with Crippen molar-refractivity contribution < 1.29 is 80.2 Å². The van der Waals surface area contributed by atoms with Crippen molar-refractivity contribution in [3.05, 3.63) is 24.3 Å². The first-order valence-corrected chi connectivity index (χ1v) is 39.1. The van der Waals surface area contributed by atoms with Gasteiger partial charge in [0.25, 0.3) is 0 Å². The van der Waals surface area contributed by atoms with E-state index in [9.17, 15) is 32.3 Å². The maximum atomic E-state index is 15.7. The molecule has 3 N–H and O–H groups in total. The number of methoxy groups -OCH3 is 1. The standard InChI is InChI=1S/C77H121F3N12O14/c1-13-48(4)65-73(102)86(7)47-64(95)88(9)57-29-20-17-23-40-91(72(57)101)60-41-50-32-30-49(31-33-50)25-18-16-19-28-56(67(96)82-65)87(8)63(94)44-59(70(99)84(5)14-2)89(10)74(103)66(52-26-21-22-27-52)90(11)75(104)76(38-24-39-76)83-68(97)58-43-53(106-15-3)45-92(58)69(98)55(81-62(93)46-85(6)71(60)100)37-35-51-34-36-54(77(78,79)80)61(42-51)105-12/h17-18,20,25,48-61,65-66H,13-16,19,21-24,26-47H2,1-12H3,(H,81,93)(H,82,96)(H,83,97)/b20-17-,25-18+/t48-,49?,50?,51?,53+,54?,55-,56-,57-,58-,59-,60-,61?,65-,66-/m0/s1. The van der Waals surface area contributed by atoms with E-state index in [1.807, 2.05) is 19.1 Å². The van der Waals surface area contributed by atoms with E-state index < -0.39 is 180 Å². The number of hydrogen-bond donors (Lipinski definition) is 3. The number of likely N-dealkylation sites (N-methyl/N-ethyl adjacent to an activating group) is 7. The Labute approximate surface area is 624 Å². The first kappa shape index (κ1) is 84.5. The summed E-state index contributed by atoms with van der Waals surface area (Å²) in [6.45, 7) is 6.30. The molecule has 1 spiro atoms. The highest BCUT2D eigenvalue weighted by Crippen LogP contribution is 2.44. The van der Waals surface area contributed by atoms with Crippen LogP contribution in [0.3, 0.4) is 0 Å². The molecular weight excluding hydrogens is 1370 g/mol. The Kier molecular flexibility index (Phi) is 30.1. The number of ether oxygens (including phenoxy) is 2. The fourth-order valence-electron chi connectivity index (χ4n) is 17.6. The fraction of sp³-hybridized carbons (Fsp3) is 0.792. The largest absolute Gasteiger partial charge is 0.394 e. The topological polar surface area (TPSA) is 289 Å². The van der Waals surface area contributed by atoms with Gasteiger partial charge in [-0.3, -0.25) is 57.5 Å². The number of rotatable bonds is 11. The van der Waals surface area contributed by atoms with Crippen molar-refractivity contribution in [3.8, 4) is 0 Å². The second-order valence-corrected chi connectivity index (χ2v) is 31.7. The number of nitrogens with one attached hydrogen (secondary N) is 3. The normalized spacial score (nSPS) is 32.4. The molecule has 0 aromatic heterocycles. The Morgan fingerprint density at radius 3 is 1.96 bits per heavy atom. The summed E-state index contributed by atoms with van der Waals surface area (Å²) >= 11 is 0. The molecule has 13 atom stereocenters. The summed E-state index contributed by atoms with van der Waals surface area (Å²) in [5, 5.41) is 8.91. The number of carbonyl (C=O) groups is 12. The predicted octanol–water partition coefficient (Wildman–Crippen LogP) is 5.60. The zero-order chi connectivity index (χ0) is 77.6. The van der Waals surface area contributed by atoms with Gasteiger partial charge in [0.2, 0.25) is 70.9 Å². The van der Waals surface area contributed by atoms with Crippen LogP contribution in [0.5, 0.6) is 0 Å². The van der Waals surface area contributed by atoms with Gasteiger partial charge in [0.1, 0.15) is 53.9 Å². The Balaban J connectivity index is 1.24. The number of alkyl halides is 3. The molecular formula is C77H121F3N12O14. The van der Waals surface area contributed by atoms with Crippen LogP contribution in [0.4, 0.5) is 13.2 Å². The minimum absolute atomic E-state index is 0.0144. The molecule has 29 heteroatoms. The monoisotopic (exact) mass is 1490 g/mol. The van der Waals surface area contributed by atoms with Crippen molar-refractivity contribution in [3.63, 3.8) is 0 Å². The highest BCUT2D eigenvalue weighted by Gasteiger charge is 2.55. The molecule has 0 aromatic rings. The average Bonchev–Trinajstić information content (AvgIpc) is 1.15. The summed E-state index contributed by atoms with van der Waals surface area (Å²) in [7, 11) is 11.5. The molecule has 6 heterocycles. The van der Waals surface area contributed by atoms with Crippen molar-refractivity contribution in [1.82, 2.24) is 60.0 Å². The molecule has 3 unspecified atom stereocenters. The number of carbonyl (C=O) groups excluding carboxylic acids is 12. The maximum Gasteiger partial charge on any atom is 0.394 e. The fourth-order valence-corrected chi connectivity index (χ4v) is 17.6. The quantitative estimate of drug-likeness (QED) is 0.168. The van der Waals surface area contributed by atoms with E-state index in [0.29, 0.717) is 57.8 Å². The average molecular weight is 1500 g/mol. The lowest BCUT2D eigenvalue weighted by atomic mass is 9.74. The van der Waals surface area contributed by atoms with Gasteiger partial charge in [0, 0.05) is 89.1 Å². The van der Waals surface area contributed by atoms with Crippen LogP contribution in [0.1, 0.15) is 188 Å². The predicted molar refractivity (Wildman–Crippen MR) is 389 cm³/mol. The van der Waals surface area contributed by atoms with Crippen LogP contribution in [-0.4, -0.2) is 283 Å². The minimum Gasteiger partial charge on any atom is -0.381 e. The summed E-state index contributed by atoms with van der Waals surface area (Å²) in [5.41, 5.74) is -1.58. The van der Waals surface area contributed by atoms with Crippen LogP contribution in [0.15, 0.2) is 24.3 Å². The van der Waals surface area contributed by atoms with Gasteiger partial charge in [-0.25, -0.2) is 0 Å². The highest BCUT2D eigenvalue weighted by atomic mass is 19.4. The summed E-state index contributed by atoms with van der Waals surface area (Å²) < 4.78 is 54.5. The first-order valence-electron chi connectivity index (χ1n) is 39.1. The van der Waals surface area contributed by atoms with Gasteiger partial charge < -0.3 is 69.5 Å². The molecule has 6 aliphatic heterocycles.